The van der Waals surface area contributed by atoms with Crippen molar-refractivity contribution in [3.63, 3.8) is 0 Å². The normalized spacial score (nSPS) is 17.9. The van der Waals surface area contributed by atoms with Crippen molar-refractivity contribution in [1.29, 1.82) is 0 Å². The second-order valence-corrected chi connectivity index (χ2v) is 14.3. The summed E-state index contributed by atoms with van der Waals surface area (Å²) in [6, 6.07) is 7.98. The molecule has 216 valence electrons. The van der Waals surface area contributed by atoms with Gasteiger partial charge in [0.15, 0.2) is 9.84 Å². The minimum Gasteiger partial charge on any atom is -0.507 e. The first-order chi connectivity index (χ1) is 19.7. The molecule has 2 aromatic heterocycles. The van der Waals surface area contributed by atoms with Gasteiger partial charge in [-0.15, -0.1) is 11.3 Å². The molecule has 1 aliphatic heterocycles. The number of sulfone groups is 1. The molecular weight excluding hydrogens is 591 g/mol. The Balaban J connectivity index is 1.47. The molecule has 41 heavy (non-hydrogen) atoms. The fourth-order valence-corrected chi connectivity index (χ4v) is 8.68. The number of phenols is 1. The molecule has 2 aromatic carbocycles. The summed E-state index contributed by atoms with van der Waals surface area (Å²) in [5.41, 5.74) is 0.422. The van der Waals surface area contributed by atoms with Crippen LogP contribution in [0, 0.1) is 11.7 Å². The van der Waals surface area contributed by atoms with Crippen LogP contribution in [0.5, 0.6) is 5.75 Å². The number of fused-ring (bicyclic) bond motifs is 1. The van der Waals surface area contributed by atoms with Gasteiger partial charge in [-0.1, -0.05) is 23.7 Å². The Morgan fingerprint density at radius 2 is 1.95 bits per heavy atom. The van der Waals surface area contributed by atoms with Gasteiger partial charge in [0, 0.05) is 31.1 Å². The maximum Gasteiger partial charge on any atom is 0.255 e. The van der Waals surface area contributed by atoms with E-state index in [-0.39, 0.29) is 34.6 Å². The van der Waals surface area contributed by atoms with Crippen LogP contribution in [0.4, 0.5) is 4.39 Å². The molecule has 0 radical (unpaired) electrons. The molecule has 1 saturated heterocycles. The Bertz CT molecular complexity index is 1700. The lowest BCUT2D eigenvalue weighted by Crippen LogP contribution is -2.37. The third-order valence-electron chi connectivity index (χ3n) is 7.82. The van der Waals surface area contributed by atoms with Crippen molar-refractivity contribution in [3.8, 4) is 5.75 Å². The van der Waals surface area contributed by atoms with Crippen LogP contribution in [0.15, 0.2) is 53.7 Å². The van der Waals surface area contributed by atoms with Gasteiger partial charge in [-0.3, -0.25) is 9.48 Å². The predicted octanol–water partition coefficient (Wildman–Crippen LogP) is 5.11. The van der Waals surface area contributed by atoms with Crippen molar-refractivity contribution < 1.29 is 27.4 Å². The summed E-state index contributed by atoms with van der Waals surface area (Å²) in [5, 5.41) is 18.3. The summed E-state index contributed by atoms with van der Waals surface area (Å²) in [7, 11) is -3.72. The highest BCUT2D eigenvalue weighted by Gasteiger charge is 2.40. The molecule has 9 nitrogen and oxygen atoms in total. The molecule has 13 heteroatoms. The molecule has 2 N–H and O–H groups in total. The standard InChI is InChI=1S/C28H28ClFN4O5S2/c29-25-15-32-28(40-25)26(16-7-9-39-10-8-16)22(14-31-27(36)19-3-1-2-4-23(19)35)34-21-11-17(30)12-24(20(21)13-33-34)41(37,38)18-5-6-18/h1-4,11-13,15-16,18,22,26,35H,5-10,14H2,(H,31,36). The Labute approximate surface area is 245 Å². The lowest BCUT2D eigenvalue weighted by Gasteiger charge is -2.35. The van der Waals surface area contributed by atoms with Gasteiger partial charge in [0.2, 0.25) is 0 Å². The quantitative estimate of drug-likeness (QED) is 0.267. The maximum atomic E-state index is 15.0. The molecule has 1 amide bonds. The Hall–Kier alpha value is -3.06. The van der Waals surface area contributed by atoms with Gasteiger partial charge in [-0.05, 0) is 55.9 Å². The van der Waals surface area contributed by atoms with Crippen LogP contribution >= 0.6 is 22.9 Å². The number of nitrogens with zero attached hydrogens (tertiary/aromatic N) is 3. The number of benzene rings is 2. The van der Waals surface area contributed by atoms with E-state index in [1.54, 1.807) is 23.0 Å². The monoisotopic (exact) mass is 618 g/mol. The lowest BCUT2D eigenvalue weighted by atomic mass is 9.81. The van der Waals surface area contributed by atoms with E-state index >= 15 is 4.39 Å². The van der Waals surface area contributed by atoms with Crippen molar-refractivity contribution in [3.05, 3.63) is 69.5 Å². The van der Waals surface area contributed by atoms with Crippen LogP contribution in [0.25, 0.3) is 10.9 Å². The largest absolute Gasteiger partial charge is 0.507 e. The number of rotatable bonds is 9. The number of carbonyl (C=O) groups excluding carboxylic acids is 1. The van der Waals surface area contributed by atoms with Crippen molar-refractivity contribution >= 4 is 49.6 Å². The molecule has 2 aliphatic rings. The summed E-state index contributed by atoms with van der Waals surface area (Å²) in [6.07, 6.45) is 5.57. The minimum absolute atomic E-state index is 0.0460. The molecule has 4 aromatic rings. The third-order valence-corrected chi connectivity index (χ3v) is 11.3. The highest BCUT2D eigenvalue weighted by Crippen LogP contribution is 2.44. The first-order valence-corrected chi connectivity index (χ1v) is 16.1. The zero-order chi connectivity index (χ0) is 28.7. The van der Waals surface area contributed by atoms with Crippen molar-refractivity contribution in [2.45, 2.75) is 47.8 Å². The van der Waals surface area contributed by atoms with Crippen LogP contribution in [0.3, 0.4) is 0 Å². The fourth-order valence-electron chi connectivity index (χ4n) is 5.64. The predicted molar refractivity (Wildman–Crippen MR) is 153 cm³/mol. The van der Waals surface area contributed by atoms with E-state index in [2.05, 4.69) is 15.4 Å². The first-order valence-electron chi connectivity index (χ1n) is 13.4. The number of para-hydroxylation sites is 1. The first kappa shape index (κ1) is 28.1. The van der Waals surface area contributed by atoms with E-state index in [9.17, 15) is 18.3 Å². The SMILES string of the molecule is O=C(NCC(C(c1ncc(Cl)s1)C1CCOCC1)n1ncc2c(S(=O)(=O)C3CC3)cc(F)cc21)c1ccccc1O. The summed E-state index contributed by atoms with van der Waals surface area (Å²) in [6.45, 7) is 1.15. The third kappa shape index (κ3) is 5.57. The molecule has 2 fully saturated rings. The van der Waals surface area contributed by atoms with E-state index in [0.717, 1.165) is 23.9 Å². The number of carbonyl (C=O) groups is 1. The second kappa shape index (κ2) is 11.3. The topological polar surface area (TPSA) is 123 Å². The van der Waals surface area contributed by atoms with E-state index in [1.807, 2.05) is 0 Å². The summed E-state index contributed by atoms with van der Waals surface area (Å²) in [5.74, 6) is -1.57. The second-order valence-electron chi connectivity index (χ2n) is 10.4. The molecule has 1 aliphatic carbocycles. The van der Waals surface area contributed by atoms with Gasteiger partial charge in [0.05, 0.1) is 44.7 Å². The van der Waals surface area contributed by atoms with Crippen LogP contribution in [-0.4, -0.2) is 59.2 Å². The van der Waals surface area contributed by atoms with Gasteiger partial charge >= 0.3 is 0 Å². The van der Waals surface area contributed by atoms with Gasteiger partial charge in [0.1, 0.15) is 15.9 Å². The van der Waals surface area contributed by atoms with Crippen molar-refractivity contribution in [2.24, 2.45) is 5.92 Å². The van der Waals surface area contributed by atoms with E-state index in [1.165, 1.54) is 35.7 Å². The number of halogens is 2. The summed E-state index contributed by atoms with van der Waals surface area (Å²) >= 11 is 7.64. The number of nitrogens with one attached hydrogen (secondary N) is 1. The van der Waals surface area contributed by atoms with Gasteiger partial charge in [0.25, 0.3) is 5.91 Å². The lowest BCUT2D eigenvalue weighted by molar-refractivity contribution is 0.0497. The van der Waals surface area contributed by atoms with Gasteiger partial charge in [-0.25, -0.2) is 17.8 Å². The molecule has 0 bridgehead atoms. The van der Waals surface area contributed by atoms with Crippen LogP contribution in [-0.2, 0) is 14.6 Å². The molecule has 2 unspecified atom stereocenters. The maximum absolute atomic E-state index is 15.0. The van der Waals surface area contributed by atoms with E-state index in [0.29, 0.717) is 41.3 Å². The number of ether oxygens (including phenoxy) is 1. The summed E-state index contributed by atoms with van der Waals surface area (Å²) in [4.78, 5) is 17.7. The molecule has 6 rings (SSSR count). The molecular formula is C28H28ClFN4O5S2. The van der Waals surface area contributed by atoms with Gasteiger partial charge < -0.3 is 15.2 Å². The molecule has 0 spiro atoms. The molecule has 1 saturated carbocycles. The van der Waals surface area contributed by atoms with E-state index in [4.69, 9.17) is 16.3 Å². The number of thiazole rings is 1. The van der Waals surface area contributed by atoms with Crippen molar-refractivity contribution in [1.82, 2.24) is 20.1 Å². The highest BCUT2D eigenvalue weighted by molar-refractivity contribution is 7.92. The molecule has 2 atom stereocenters. The smallest absolute Gasteiger partial charge is 0.255 e. The number of hydrogen-bond acceptors (Lipinski definition) is 8. The number of phenolic OH excluding ortho intramolecular Hbond substituents is 1. The number of aromatic nitrogens is 3. The number of aromatic hydroxyl groups is 1. The highest BCUT2D eigenvalue weighted by atomic mass is 35.5. The average molecular weight is 619 g/mol. The Morgan fingerprint density at radius 1 is 1.20 bits per heavy atom. The summed E-state index contributed by atoms with van der Waals surface area (Å²) < 4.78 is 49.2. The van der Waals surface area contributed by atoms with Crippen LogP contribution < -0.4 is 5.32 Å². The van der Waals surface area contributed by atoms with Gasteiger partial charge in [-0.2, -0.15) is 5.10 Å². The fraction of sp³-hybridized carbons (Fsp3) is 0.393. The van der Waals surface area contributed by atoms with Crippen LogP contribution in [0.2, 0.25) is 4.34 Å². The zero-order valence-electron chi connectivity index (χ0n) is 21.9. The van der Waals surface area contributed by atoms with Crippen molar-refractivity contribution in [2.75, 3.05) is 19.8 Å². The zero-order valence-corrected chi connectivity index (χ0v) is 24.3. The minimum atomic E-state index is -3.72. The van der Waals surface area contributed by atoms with Crippen LogP contribution in [0.1, 0.15) is 53.0 Å². The number of amides is 1. The average Bonchev–Trinajstić information content (AvgIpc) is 3.63. The number of hydrogen-bond donors (Lipinski definition) is 2. The molecule has 3 heterocycles. The Kier molecular flexibility index (Phi) is 7.75. The Morgan fingerprint density at radius 3 is 2.63 bits per heavy atom. The van der Waals surface area contributed by atoms with E-state index < -0.39 is 32.9 Å².